The second-order valence-corrected chi connectivity index (χ2v) is 7.06. The number of ether oxygens (including phenoxy) is 2. The van der Waals surface area contributed by atoms with Crippen molar-refractivity contribution in [2.24, 2.45) is 0 Å². The molecule has 1 heterocycles. The van der Waals surface area contributed by atoms with Crippen LogP contribution in [0.25, 0.3) is 0 Å². The molecule has 1 rings (SSSR count). The van der Waals surface area contributed by atoms with Gasteiger partial charge in [0.25, 0.3) is 0 Å². The van der Waals surface area contributed by atoms with Crippen molar-refractivity contribution >= 4 is 0 Å². The lowest BCUT2D eigenvalue weighted by atomic mass is 10.1. The number of allylic oxidation sites excluding steroid dienone is 1. The van der Waals surface area contributed by atoms with Crippen LogP contribution in [0.1, 0.15) is 70.6 Å². The lowest BCUT2D eigenvalue weighted by Gasteiger charge is -2.23. The van der Waals surface area contributed by atoms with Crippen LogP contribution in [0.3, 0.4) is 0 Å². The summed E-state index contributed by atoms with van der Waals surface area (Å²) in [6.45, 7) is 4.07. The summed E-state index contributed by atoms with van der Waals surface area (Å²) < 4.78 is 11.0. The van der Waals surface area contributed by atoms with Crippen LogP contribution >= 0.6 is 0 Å². The number of rotatable bonds is 16. The van der Waals surface area contributed by atoms with E-state index in [0.29, 0.717) is 6.61 Å². The van der Waals surface area contributed by atoms with Crippen LogP contribution in [0.15, 0.2) is 12.7 Å². The highest BCUT2D eigenvalue weighted by atomic mass is 16.6. The fourth-order valence-corrected chi connectivity index (χ4v) is 3.28. The molecule has 0 aromatic carbocycles. The average molecular weight is 359 g/mol. The molecule has 0 radical (unpaired) electrons. The van der Waals surface area contributed by atoms with Crippen molar-refractivity contribution in [2.45, 2.75) is 95.0 Å². The summed E-state index contributed by atoms with van der Waals surface area (Å²) in [7, 11) is 0. The molecule has 0 aliphatic carbocycles. The van der Waals surface area contributed by atoms with Gasteiger partial charge in [-0.25, -0.2) is 0 Å². The van der Waals surface area contributed by atoms with E-state index in [1.165, 1.54) is 51.4 Å². The molecular formula is C20H38O5. The van der Waals surface area contributed by atoms with Crippen LogP contribution in [-0.2, 0) is 9.47 Å². The van der Waals surface area contributed by atoms with E-state index >= 15 is 0 Å². The molecule has 4 atom stereocenters. The predicted molar refractivity (Wildman–Crippen MR) is 99.6 cm³/mol. The van der Waals surface area contributed by atoms with E-state index in [0.717, 1.165) is 19.3 Å². The molecule has 5 heteroatoms. The second-order valence-electron chi connectivity index (χ2n) is 7.06. The van der Waals surface area contributed by atoms with Crippen molar-refractivity contribution in [3.05, 3.63) is 12.7 Å². The molecule has 3 N–H and O–H groups in total. The molecule has 0 unspecified atom stereocenters. The van der Waals surface area contributed by atoms with Gasteiger partial charge < -0.3 is 24.8 Å². The van der Waals surface area contributed by atoms with Gasteiger partial charge in [0.15, 0.2) is 0 Å². The average Bonchev–Trinajstić information content (AvgIpc) is 2.99. The van der Waals surface area contributed by atoms with Crippen LogP contribution in [0.4, 0.5) is 0 Å². The predicted octanol–water partition coefficient (Wildman–Crippen LogP) is 2.96. The van der Waals surface area contributed by atoms with Gasteiger partial charge in [0.1, 0.15) is 24.4 Å². The van der Waals surface area contributed by atoms with E-state index in [-0.39, 0.29) is 13.2 Å². The monoisotopic (exact) mass is 358 g/mol. The van der Waals surface area contributed by atoms with Gasteiger partial charge in [0.2, 0.25) is 0 Å². The van der Waals surface area contributed by atoms with Crippen molar-refractivity contribution in [3.63, 3.8) is 0 Å². The molecule has 1 saturated heterocycles. The Morgan fingerprint density at radius 3 is 2.12 bits per heavy atom. The van der Waals surface area contributed by atoms with Crippen molar-refractivity contribution in [3.8, 4) is 0 Å². The minimum atomic E-state index is -1.00. The number of hydrogen-bond acceptors (Lipinski definition) is 5. The zero-order valence-electron chi connectivity index (χ0n) is 15.7. The van der Waals surface area contributed by atoms with Crippen LogP contribution in [0.2, 0.25) is 0 Å². The normalized spacial score (nSPS) is 24.5. The quantitative estimate of drug-likeness (QED) is 0.292. The number of aliphatic hydroxyl groups excluding tert-OH is 3. The van der Waals surface area contributed by atoms with E-state index < -0.39 is 24.4 Å². The highest BCUT2D eigenvalue weighted by Crippen LogP contribution is 2.21. The molecule has 148 valence electrons. The second kappa shape index (κ2) is 14.7. The van der Waals surface area contributed by atoms with Crippen LogP contribution in [0, 0.1) is 0 Å². The Labute approximate surface area is 153 Å². The van der Waals surface area contributed by atoms with Gasteiger partial charge in [0, 0.05) is 6.61 Å². The smallest absolute Gasteiger partial charge is 0.114 e. The molecule has 0 saturated carbocycles. The Bertz CT molecular complexity index is 323. The van der Waals surface area contributed by atoms with E-state index in [4.69, 9.17) is 14.6 Å². The maximum absolute atomic E-state index is 9.85. The third kappa shape index (κ3) is 9.71. The zero-order chi connectivity index (χ0) is 18.3. The van der Waals surface area contributed by atoms with Gasteiger partial charge in [-0.2, -0.15) is 0 Å². The molecule has 0 aromatic heterocycles. The summed E-state index contributed by atoms with van der Waals surface area (Å²) in [4.78, 5) is 0. The molecule has 1 aliphatic rings. The first-order chi connectivity index (χ1) is 12.2. The van der Waals surface area contributed by atoms with Gasteiger partial charge in [-0.1, -0.05) is 57.4 Å². The van der Waals surface area contributed by atoms with E-state index in [9.17, 15) is 10.2 Å². The Hall–Kier alpha value is -0.460. The highest BCUT2D eigenvalue weighted by molar-refractivity contribution is 4.89. The molecule has 25 heavy (non-hydrogen) atoms. The number of aliphatic hydroxyl groups is 3. The number of unbranched alkanes of at least 4 members (excludes halogenated alkanes) is 10. The first kappa shape index (κ1) is 22.6. The first-order valence-corrected chi connectivity index (χ1v) is 10.0. The van der Waals surface area contributed by atoms with E-state index in [1.807, 2.05) is 6.08 Å². The topological polar surface area (TPSA) is 79.2 Å². The van der Waals surface area contributed by atoms with Gasteiger partial charge in [-0.15, -0.1) is 6.58 Å². The van der Waals surface area contributed by atoms with Crippen molar-refractivity contribution < 1.29 is 24.8 Å². The van der Waals surface area contributed by atoms with Crippen molar-refractivity contribution in [2.75, 3.05) is 19.8 Å². The molecular weight excluding hydrogens is 320 g/mol. The van der Waals surface area contributed by atoms with Gasteiger partial charge in [0.05, 0.1) is 13.2 Å². The van der Waals surface area contributed by atoms with Gasteiger partial charge >= 0.3 is 0 Å². The summed E-state index contributed by atoms with van der Waals surface area (Å²) in [5, 5.41) is 28.5. The molecule has 0 spiro atoms. The molecule has 5 nitrogen and oxygen atoms in total. The summed E-state index contributed by atoms with van der Waals surface area (Å²) in [6.07, 6.45) is 12.7. The van der Waals surface area contributed by atoms with Crippen molar-refractivity contribution in [1.82, 2.24) is 0 Å². The Morgan fingerprint density at radius 1 is 1.00 bits per heavy atom. The summed E-state index contributed by atoms with van der Waals surface area (Å²) in [5.74, 6) is 0. The van der Waals surface area contributed by atoms with Gasteiger partial charge in [-0.05, 0) is 19.3 Å². The fraction of sp³-hybridized carbons (Fsp3) is 0.900. The Kier molecular flexibility index (Phi) is 13.3. The lowest BCUT2D eigenvalue weighted by Crippen LogP contribution is -2.42. The summed E-state index contributed by atoms with van der Waals surface area (Å²) >= 11 is 0. The minimum absolute atomic E-state index is 0.153. The Morgan fingerprint density at radius 2 is 1.56 bits per heavy atom. The largest absolute Gasteiger partial charge is 0.394 e. The number of hydrogen-bond donors (Lipinski definition) is 3. The van der Waals surface area contributed by atoms with Gasteiger partial charge in [-0.3, -0.25) is 0 Å². The summed E-state index contributed by atoms with van der Waals surface area (Å²) in [5.41, 5.74) is 0. The maximum Gasteiger partial charge on any atom is 0.114 e. The minimum Gasteiger partial charge on any atom is -0.394 e. The lowest BCUT2D eigenvalue weighted by molar-refractivity contribution is -0.0938. The molecule has 1 aliphatic heterocycles. The van der Waals surface area contributed by atoms with Crippen molar-refractivity contribution in [1.29, 1.82) is 0 Å². The highest BCUT2D eigenvalue weighted by Gasteiger charge is 2.40. The Balaban J connectivity index is 1.92. The zero-order valence-corrected chi connectivity index (χ0v) is 15.7. The first-order valence-electron chi connectivity index (χ1n) is 10.0. The third-order valence-electron chi connectivity index (χ3n) is 4.84. The standard InChI is InChI=1S/C20H38O5/c1-2-3-4-5-6-7-8-9-10-11-12-13-14-24-20-18(23)16-25-19(20)17(22)15-21/h2,17-23H,1,3-16H2/t17-,18+,19+,20+/m0/s1. The molecule has 0 aromatic rings. The fourth-order valence-electron chi connectivity index (χ4n) is 3.28. The van der Waals surface area contributed by atoms with Crippen LogP contribution in [0.5, 0.6) is 0 Å². The third-order valence-corrected chi connectivity index (χ3v) is 4.84. The molecule has 0 bridgehead atoms. The SMILES string of the molecule is C=CCCCCCCCCCCCCO[C@H]1[C@@H]([C@@H](O)CO)OC[C@H]1O. The summed E-state index contributed by atoms with van der Waals surface area (Å²) in [6, 6.07) is 0. The van der Waals surface area contributed by atoms with Crippen LogP contribution < -0.4 is 0 Å². The van der Waals surface area contributed by atoms with Crippen LogP contribution in [-0.4, -0.2) is 59.6 Å². The molecule has 1 fully saturated rings. The maximum atomic E-state index is 9.85. The van der Waals surface area contributed by atoms with E-state index in [2.05, 4.69) is 6.58 Å². The van der Waals surface area contributed by atoms with E-state index in [1.54, 1.807) is 0 Å². The molecule has 0 amide bonds.